The zero-order chi connectivity index (χ0) is 15.2. The maximum Gasteiger partial charge on any atom is 0.0701 e. The summed E-state index contributed by atoms with van der Waals surface area (Å²) in [7, 11) is 0. The average Bonchev–Trinajstić information content (AvgIpc) is 2.62. The Morgan fingerprint density at radius 2 is 1.36 bits per heavy atom. The van der Waals surface area contributed by atoms with Crippen molar-refractivity contribution in [2.24, 2.45) is 0 Å². The predicted octanol–water partition coefficient (Wildman–Crippen LogP) is 5.72. The summed E-state index contributed by atoms with van der Waals surface area (Å²) in [5.74, 6) is 0. The van der Waals surface area contributed by atoms with E-state index in [2.05, 4.69) is 66.2 Å². The zero-order valence-electron chi connectivity index (χ0n) is 12.3. The van der Waals surface area contributed by atoms with Gasteiger partial charge in [-0.2, -0.15) is 0 Å². The number of pyridine rings is 1. The van der Waals surface area contributed by atoms with Crippen LogP contribution in [0.3, 0.4) is 0 Å². The third-order valence-electron chi connectivity index (χ3n) is 3.56. The molecule has 0 aliphatic heterocycles. The van der Waals surface area contributed by atoms with E-state index in [-0.39, 0.29) is 0 Å². The topological polar surface area (TPSA) is 12.9 Å². The molecule has 1 heteroatoms. The van der Waals surface area contributed by atoms with Crippen molar-refractivity contribution in [3.63, 3.8) is 0 Å². The van der Waals surface area contributed by atoms with Crippen LogP contribution in [0.15, 0.2) is 91.6 Å². The molecule has 1 heterocycles. The highest BCUT2D eigenvalue weighted by atomic mass is 14.6. The molecule has 4 aromatic rings. The van der Waals surface area contributed by atoms with Crippen LogP contribution >= 0.6 is 0 Å². The van der Waals surface area contributed by atoms with E-state index in [0.717, 1.165) is 5.52 Å². The number of benzene rings is 3. The van der Waals surface area contributed by atoms with Crippen molar-refractivity contribution in [1.29, 1.82) is 0 Å². The van der Waals surface area contributed by atoms with E-state index in [4.69, 9.17) is 0 Å². The Labute approximate surface area is 130 Å². The summed E-state index contributed by atoms with van der Waals surface area (Å²) >= 11 is 0. The summed E-state index contributed by atoms with van der Waals surface area (Å²) < 4.78 is 0. The lowest BCUT2D eigenvalue weighted by molar-refractivity contribution is 1.41. The Morgan fingerprint density at radius 3 is 2.18 bits per heavy atom. The Hall–Kier alpha value is -2.93. The van der Waals surface area contributed by atoms with Gasteiger partial charge in [0.15, 0.2) is 0 Å². The molecule has 0 bridgehead atoms. The van der Waals surface area contributed by atoms with Gasteiger partial charge in [-0.1, -0.05) is 79.4 Å². The van der Waals surface area contributed by atoms with Gasteiger partial charge in [0.2, 0.25) is 0 Å². The molecule has 106 valence electrons. The molecule has 0 spiro atoms. The quantitative estimate of drug-likeness (QED) is 0.435. The van der Waals surface area contributed by atoms with Crippen molar-refractivity contribution in [3.05, 3.63) is 97.2 Å². The lowest BCUT2D eigenvalue weighted by Gasteiger charge is -1.99. The van der Waals surface area contributed by atoms with Crippen LogP contribution in [0.2, 0.25) is 0 Å². The molecule has 0 aliphatic rings. The average molecular weight is 283 g/mol. The summed E-state index contributed by atoms with van der Waals surface area (Å²) in [6.45, 7) is 3.78. The van der Waals surface area contributed by atoms with E-state index in [0.29, 0.717) is 0 Å². The van der Waals surface area contributed by atoms with E-state index >= 15 is 0 Å². The van der Waals surface area contributed by atoms with Crippen LogP contribution in [0.5, 0.6) is 0 Å². The van der Waals surface area contributed by atoms with E-state index in [1.165, 1.54) is 21.7 Å². The number of hydrogen-bond acceptors (Lipinski definition) is 1. The number of fused-ring (bicyclic) bond motifs is 2. The number of hydrogen-bond donors (Lipinski definition) is 0. The van der Waals surface area contributed by atoms with Crippen molar-refractivity contribution < 1.29 is 0 Å². The molecule has 0 aliphatic carbocycles. The van der Waals surface area contributed by atoms with Gasteiger partial charge >= 0.3 is 0 Å². The van der Waals surface area contributed by atoms with Gasteiger partial charge < -0.3 is 0 Å². The maximum absolute atomic E-state index is 4.18. The molecule has 22 heavy (non-hydrogen) atoms. The van der Waals surface area contributed by atoms with Crippen molar-refractivity contribution >= 4 is 27.8 Å². The first kappa shape index (κ1) is 14.0. The fraction of sp³-hybridized carbons (Fsp3) is 0. The highest BCUT2D eigenvalue weighted by Gasteiger charge is 1.93. The van der Waals surface area contributed by atoms with E-state index in [1.807, 2.05) is 36.5 Å². The van der Waals surface area contributed by atoms with Gasteiger partial charge in [0.1, 0.15) is 0 Å². The van der Waals surface area contributed by atoms with Crippen molar-refractivity contribution in [2.75, 3.05) is 0 Å². The van der Waals surface area contributed by atoms with Crippen LogP contribution in [0.1, 0.15) is 5.56 Å². The van der Waals surface area contributed by atoms with Crippen LogP contribution in [-0.4, -0.2) is 4.98 Å². The second kappa shape index (κ2) is 6.68. The fourth-order valence-electron chi connectivity index (χ4n) is 2.44. The first-order valence-corrected chi connectivity index (χ1v) is 7.28. The molecular weight excluding hydrogens is 266 g/mol. The lowest BCUT2D eigenvalue weighted by atomic mass is 10.1. The third kappa shape index (κ3) is 3.04. The van der Waals surface area contributed by atoms with Gasteiger partial charge in [0, 0.05) is 11.6 Å². The van der Waals surface area contributed by atoms with Crippen LogP contribution < -0.4 is 0 Å². The third-order valence-corrected chi connectivity index (χ3v) is 3.56. The van der Waals surface area contributed by atoms with Crippen molar-refractivity contribution in [1.82, 2.24) is 4.98 Å². The molecule has 1 aromatic heterocycles. The molecule has 0 atom stereocenters. The minimum Gasteiger partial charge on any atom is -0.256 e. The lowest BCUT2D eigenvalue weighted by Crippen LogP contribution is -1.75. The largest absolute Gasteiger partial charge is 0.256 e. The zero-order valence-corrected chi connectivity index (χ0v) is 12.3. The highest BCUT2D eigenvalue weighted by molar-refractivity contribution is 5.90. The van der Waals surface area contributed by atoms with Crippen LogP contribution in [-0.2, 0) is 0 Å². The Balaban J connectivity index is 0.000000133. The predicted molar refractivity (Wildman–Crippen MR) is 95.8 cm³/mol. The molecule has 0 saturated carbocycles. The SMILES string of the molecule is C=Cc1cccc2ccccc12.c1ccc2ncccc2c1. The summed E-state index contributed by atoms with van der Waals surface area (Å²) in [6.07, 6.45) is 3.70. The molecule has 3 aromatic carbocycles. The fourth-order valence-corrected chi connectivity index (χ4v) is 2.44. The summed E-state index contributed by atoms with van der Waals surface area (Å²) in [4.78, 5) is 4.18. The molecule has 0 amide bonds. The van der Waals surface area contributed by atoms with E-state index in [1.54, 1.807) is 0 Å². The van der Waals surface area contributed by atoms with Crippen LogP contribution in [0.25, 0.3) is 27.8 Å². The van der Waals surface area contributed by atoms with E-state index in [9.17, 15) is 0 Å². The Morgan fingerprint density at radius 1 is 0.682 bits per heavy atom. The summed E-state index contributed by atoms with van der Waals surface area (Å²) in [5, 5.41) is 3.75. The monoisotopic (exact) mass is 283 g/mol. The first-order valence-electron chi connectivity index (χ1n) is 7.28. The highest BCUT2D eigenvalue weighted by Crippen LogP contribution is 2.18. The normalized spacial score (nSPS) is 10.0. The molecule has 0 radical (unpaired) electrons. The smallest absolute Gasteiger partial charge is 0.0701 e. The Kier molecular flexibility index (Phi) is 4.26. The first-order chi connectivity index (χ1) is 10.9. The number of rotatable bonds is 1. The maximum atomic E-state index is 4.18. The van der Waals surface area contributed by atoms with Gasteiger partial charge in [0.25, 0.3) is 0 Å². The van der Waals surface area contributed by atoms with Gasteiger partial charge in [-0.05, 0) is 28.5 Å². The minimum absolute atomic E-state index is 1.06. The molecule has 1 nitrogen and oxygen atoms in total. The second-order valence-corrected chi connectivity index (χ2v) is 4.97. The summed E-state index contributed by atoms with van der Waals surface area (Å²) in [6, 6.07) is 26.7. The molecule has 0 N–H and O–H groups in total. The van der Waals surface area contributed by atoms with Gasteiger partial charge in [-0.25, -0.2) is 0 Å². The van der Waals surface area contributed by atoms with Crippen LogP contribution in [0.4, 0.5) is 0 Å². The van der Waals surface area contributed by atoms with E-state index < -0.39 is 0 Å². The van der Waals surface area contributed by atoms with Gasteiger partial charge in [-0.3, -0.25) is 4.98 Å². The molecule has 0 fully saturated rings. The molecule has 4 rings (SSSR count). The minimum atomic E-state index is 1.06. The van der Waals surface area contributed by atoms with Crippen molar-refractivity contribution in [2.45, 2.75) is 0 Å². The van der Waals surface area contributed by atoms with Gasteiger partial charge in [-0.15, -0.1) is 0 Å². The summed E-state index contributed by atoms with van der Waals surface area (Å²) in [5.41, 5.74) is 2.26. The van der Waals surface area contributed by atoms with Gasteiger partial charge in [0.05, 0.1) is 5.52 Å². The van der Waals surface area contributed by atoms with Crippen molar-refractivity contribution in [3.8, 4) is 0 Å². The molecule has 0 unspecified atom stereocenters. The molecular formula is C21H17N. The standard InChI is InChI=1S/C12H10.C9H7N/c1-2-10-7-5-8-11-6-3-4-9-12(10)11;1-2-6-9-8(4-1)5-3-7-10-9/h2-9H,1H2;1-7H. The number of aromatic nitrogens is 1. The number of nitrogens with zero attached hydrogens (tertiary/aromatic N) is 1. The Bertz CT molecular complexity index is 839. The second-order valence-electron chi connectivity index (χ2n) is 4.97. The molecule has 0 saturated heterocycles. The van der Waals surface area contributed by atoms with Crippen LogP contribution in [0, 0.1) is 0 Å². The number of para-hydroxylation sites is 1.